The van der Waals surface area contributed by atoms with Crippen molar-refractivity contribution in [3.8, 4) is 0 Å². The summed E-state index contributed by atoms with van der Waals surface area (Å²) in [7, 11) is -3.95. The lowest BCUT2D eigenvalue weighted by atomic mass is 10.3. The summed E-state index contributed by atoms with van der Waals surface area (Å²) in [4.78, 5) is -0.261. The zero-order valence-corrected chi connectivity index (χ0v) is 11.1. The molecule has 2 aromatic rings. The summed E-state index contributed by atoms with van der Waals surface area (Å²) in [5, 5.41) is 3.28. The molecule has 0 radical (unpaired) electrons. The van der Waals surface area contributed by atoms with Gasteiger partial charge in [-0.3, -0.25) is 4.72 Å². The smallest absolute Gasteiger partial charge is 0.266 e. The van der Waals surface area contributed by atoms with Gasteiger partial charge in [-0.2, -0.15) is 0 Å². The Morgan fingerprint density at radius 3 is 2.39 bits per heavy atom. The fourth-order valence-corrected chi connectivity index (χ4v) is 3.52. The van der Waals surface area contributed by atoms with Crippen molar-refractivity contribution in [2.24, 2.45) is 0 Å². The largest absolute Gasteiger partial charge is 0.399 e. The third-order valence-electron chi connectivity index (χ3n) is 1.97. The van der Waals surface area contributed by atoms with E-state index in [-0.39, 0.29) is 26.4 Å². The van der Waals surface area contributed by atoms with E-state index in [2.05, 4.69) is 14.4 Å². The molecule has 18 heavy (non-hydrogen) atoms. The molecule has 0 bridgehead atoms. The number of nitrogens with one attached hydrogen (secondary N) is 1. The first-order valence-electron chi connectivity index (χ1n) is 4.58. The molecule has 2 rings (SSSR count). The number of benzene rings is 1. The highest BCUT2D eigenvalue weighted by Crippen LogP contribution is 2.32. The third kappa shape index (κ3) is 2.53. The van der Waals surface area contributed by atoms with Gasteiger partial charge in [-0.1, -0.05) is 28.4 Å². The average Bonchev–Trinajstić information content (AvgIpc) is 2.66. The Kier molecular flexibility index (Phi) is 3.38. The van der Waals surface area contributed by atoms with E-state index < -0.39 is 10.0 Å². The molecule has 96 valence electrons. The molecule has 0 atom stereocenters. The van der Waals surface area contributed by atoms with Gasteiger partial charge in [0.15, 0.2) is 5.82 Å². The average molecular weight is 308 g/mol. The highest BCUT2D eigenvalue weighted by Gasteiger charge is 2.23. The zero-order valence-electron chi connectivity index (χ0n) is 8.72. The Bertz CT molecular complexity index is 647. The Hall–Kier alpha value is -1.44. The number of nitrogens with two attached hydrogens (primary N) is 1. The van der Waals surface area contributed by atoms with Gasteiger partial charge >= 0.3 is 0 Å². The minimum atomic E-state index is -3.95. The lowest BCUT2D eigenvalue weighted by Crippen LogP contribution is -2.14. The Morgan fingerprint density at radius 1 is 1.28 bits per heavy atom. The molecule has 1 aromatic heterocycles. The molecular weight excluding hydrogens is 301 g/mol. The minimum absolute atomic E-state index is 0.0268. The van der Waals surface area contributed by atoms with Crippen LogP contribution in [-0.2, 0) is 10.0 Å². The molecule has 3 N–H and O–H groups in total. The molecule has 0 aliphatic carbocycles. The van der Waals surface area contributed by atoms with Gasteiger partial charge in [-0.05, 0) is 12.1 Å². The van der Waals surface area contributed by atoms with Crippen molar-refractivity contribution in [2.75, 3.05) is 10.5 Å². The van der Waals surface area contributed by atoms with Crippen LogP contribution in [0.5, 0.6) is 0 Å². The second-order valence-electron chi connectivity index (χ2n) is 3.30. The SMILES string of the molecule is Nc1cc(Cl)c(S(=O)(=O)Nc2ccon2)c(Cl)c1. The monoisotopic (exact) mass is 307 g/mol. The summed E-state index contributed by atoms with van der Waals surface area (Å²) in [6.07, 6.45) is 1.23. The molecule has 0 saturated carbocycles. The van der Waals surface area contributed by atoms with E-state index in [0.717, 1.165) is 0 Å². The van der Waals surface area contributed by atoms with Crippen LogP contribution in [0.25, 0.3) is 0 Å². The van der Waals surface area contributed by atoms with Crippen molar-refractivity contribution >= 4 is 44.7 Å². The van der Waals surface area contributed by atoms with Gasteiger partial charge in [0, 0.05) is 11.8 Å². The predicted octanol–water partition coefficient (Wildman–Crippen LogP) is 2.36. The van der Waals surface area contributed by atoms with Crippen molar-refractivity contribution in [1.82, 2.24) is 5.16 Å². The summed E-state index contributed by atoms with van der Waals surface area (Å²) in [5.41, 5.74) is 5.77. The number of sulfonamides is 1. The van der Waals surface area contributed by atoms with Gasteiger partial charge in [0.2, 0.25) is 0 Å². The highest BCUT2D eigenvalue weighted by atomic mass is 35.5. The van der Waals surface area contributed by atoms with Gasteiger partial charge < -0.3 is 10.3 Å². The second kappa shape index (κ2) is 4.68. The predicted molar refractivity (Wildman–Crippen MR) is 68.2 cm³/mol. The topological polar surface area (TPSA) is 98.2 Å². The van der Waals surface area contributed by atoms with Gasteiger partial charge in [-0.15, -0.1) is 0 Å². The molecule has 0 amide bonds. The van der Waals surface area contributed by atoms with Crippen molar-refractivity contribution in [2.45, 2.75) is 4.90 Å². The maximum absolute atomic E-state index is 12.1. The van der Waals surface area contributed by atoms with E-state index >= 15 is 0 Å². The minimum Gasteiger partial charge on any atom is -0.399 e. The highest BCUT2D eigenvalue weighted by molar-refractivity contribution is 7.93. The molecule has 0 spiro atoms. The first-order chi connectivity index (χ1) is 8.40. The van der Waals surface area contributed by atoms with Crippen LogP contribution in [-0.4, -0.2) is 13.6 Å². The summed E-state index contributed by atoms with van der Waals surface area (Å²) in [6, 6.07) is 3.94. The van der Waals surface area contributed by atoms with Crippen molar-refractivity contribution in [1.29, 1.82) is 0 Å². The molecule has 1 heterocycles. The fourth-order valence-electron chi connectivity index (χ4n) is 1.29. The van der Waals surface area contributed by atoms with E-state index in [1.165, 1.54) is 24.5 Å². The van der Waals surface area contributed by atoms with Gasteiger partial charge in [0.05, 0.1) is 10.0 Å². The van der Waals surface area contributed by atoms with Crippen LogP contribution in [0.15, 0.2) is 33.9 Å². The third-order valence-corrected chi connectivity index (χ3v) is 4.24. The van der Waals surface area contributed by atoms with Crippen LogP contribution in [0.3, 0.4) is 0 Å². The Morgan fingerprint density at radius 2 is 1.89 bits per heavy atom. The normalized spacial score (nSPS) is 11.4. The fraction of sp³-hybridized carbons (Fsp3) is 0. The zero-order chi connectivity index (χ0) is 13.3. The van der Waals surface area contributed by atoms with E-state index in [0.29, 0.717) is 0 Å². The number of hydrogen-bond acceptors (Lipinski definition) is 5. The quantitative estimate of drug-likeness (QED) is 0.848. The van der Waals surface area contributed by atoms with Gasteiger partial charge in [0.1, 0.15) is 11.2 Å². The van der Waals surface area contributed by atoms with Crippen LogP contribution < -0.4 is 10.5 Å². The Labute approximate surface area is 113 Å². The number of rotatable bonds is 3. The first-order valence-corrected chi connectivity index (χ1v) is 6.82. The van der Waals surface area contributed by atoms with Crippen LogP contribution in [0.1, 0.15) is 0 Å². The van der Waals surface area contributed by atoms with Gasteiger partial charge in [-0.25, -0.2) is 8.42 Å². The lowest BCUT2D eigenvalue weighted by Gasteiger charge is -2.09. The first kappa shape index (κ1) is 13.0. The lowest BCUT2D eigenvalue weighted by molar-refractivity contribution is 0.423. The number of halogens is 2. The summed E-state index contributed by atoms with van der Waals surface area (Å²) in [6.45, 7) is 0. The number of nitrogen functional groups attached to an aromatic ring is 1. The number of anilines is 2. The van der Waals surface area contributed by atoms with Crippen LogP contribution in [0.2, 0.25) is 10.0 Å². The van der Waals surface area contributed by atoms with Crippen LogP contribution in [0, 0.1) is 0 Å². The van der Waals surface area contributed by atoms with Gasteiger partial charge in [0.25, 0.3) is 10.0 Å². The molecule has 0 unspecified atom stereocenters. The van der Waals surface area contributed by atoms with Crippen molar-refractivity contribution in [3.63, 3.8) is 0 Å². The van der Waals surface area contributed by atoms with E-state index in [1.807, 2.05) is 0 Å². The standard InChI is InChI=1S/C9H7Cl2N3O3S/c10-6-3-5(12)4-7(11)9(6)18(15,16)14-8-1-2-17-13-8/h1-4H,12H2,(H,13,14). The molecule has 0 aliphatic heterocycles. The molecule has 0 saturated heterocycles. The molecule has 0 aliphatic rings. The second-order valence-corrected chi connectivity index (χ2v) is 5.74. The summed E-state index contributed by atoms with van der Waals surface area (Å²) in [5.74, 6) is 0.0268. The number of hydrogen-bond donors (Lipinski definition) is 2. The summed E-state index contributed by atoms with van der Waals surface area (Å²) < 4.78 is 30.8. The summed E-state index contributed by atoms with van der Waals surface area (Å²) >= 11 is 11.7. The van der Waals surface area contributed by atoms with E-state index in [4.69, 9.17) is 28.9 Å². The molecule has 0 fully saturated rings. The Balaban J connectivity index is 2.48. The van der Waals surface area contributed by atoms with Crippen molar-refractivity contribution < 1.29 is 12.9 Å². The molecule has 9 heteroatoms. The molecule has 6 nitrogen and oxygen atoms in total. The van der Waals surface area contributed by atoms with E-state index in [9.17, 15) is 8.42 Å². The van der Waals surface area contributed by atoms with Crippen LogP contribution >= 0.6 is 23.2 Å². The molecular formula is C9H7Cl2N3O3S. The number of aromatic nitrogens is 1. The van der Waals surface area contributed by atoms with E-state index in [1.54, 1.807) is 0 Å². The van der Waals surface area contributed by atoms with Crippen molar-refractivity contribution in [3.05, 3.63) is 34.5 Å². The van der Waals surface area contributed by atoms with Crippen LogP contribution in [0.4, 0.5) is 11.5 Å². The maximum atomic E-state index is 12.1. The molecule has 1 aromatic carbocycles. The maximum Gasteiger partial charge on any atom is 0.266 e. The number of nitrogens with zero attached hydrogens (tertiary/aromatic N) is 1.